The van der Waals surface area contributed by atoms with Crippen LogP contribution in [-0.2, 0) is 9.53 Å². The smallest absolute Gasteiger partial charge is 0.412 e. The van der Waals surface area contributed by atoms with E-state index in [0.717, 1.165) is 18.2 Å². The summed E-state index contributed by atoms with van der Waals surface area (Å²) < 4.78 is 11.1. The van der Waals surface area contributed by atoms with Gasteiger partial charge in [-0.15, -0.1) is 11.6 Å². The fourth-order valence-corrected chi connectivity index (χ4v) is 4.27. The Morgan fingerprint density at radius 2 is 1.81 bits per heavy atom. The van der Waals surface area contributed by atoms with E-state index >= 15 is 0 Å². The number of aromatic nitrogens is 2. The second-order valence-corrected chi connectivity index (χ2v) is 11.1. The lowest BCUT2D eigenvalue weighted by molar-refractivity contribution is -0.116. The average Bonchev–Trinajstić information content (AvgIpc) is 2.96. The van der Waals surface area contributed by atoms with Crippen LogP contribution in [0.3, 0.4) is 0 Å². The number of benzene rings is 3. The molecule has 1 aromatic heterocycles. The number of anilines is 4. The molecule has 224 valence electrons. The molecule has 4 aromatic rings. The second kappa shape index (κ2) is 14.0. The topological polar surface area (TPSA) is 138 Å². The molecule has 3 aromatic carbocycles. The first-order chi connectivity index (χ1) is 20.6. The summed E-state index contributed by atoms with van der Waals surface area (Å²) in [4.78, 5) is 34.1. The maximum atomic E-state index is 12.3. The lowest BCUT2D eigenvalue weighted by Gasteiger charge is -2.20. The van der Waals surface area contributed by atoms with Gasteiger partial charge < -0.3 is 25.5 Å². The van der Waals surface area contributed by atoms with Crippen LogP contribution in [0.15, 0.2) is 60.7 Å². The highest BCUT2D eigenvalue weighted by Crippen LogP contribution is 2.32. The fraction of sp³-hybridized carbons (Fsp3) is 0.281. The molecular formula is C32H35ClN6O4. The number of hydrogen-bond acceptors (Lipinski definition) is 8. The van der Waals surface area contributed by atoms with Crippen molar-refractivity contribution in [2.75, 3.05) is 28.4 Å². The molecular weight excluding hydrogens is 568 g/mol. The maximum Gasteiger partial charge on any atom is 0.412 e. The van der Waals surface area contributed by atoms with Crippen LogP contribution < -0.4 is 20.7 Å². The van der Waals surface area contributed by atoms with Crippen molar-refractivity contribution in [1.82, 2.24) is 9.97 Å². The highest BCUT2D eigenvalue weighted by atomic mass is 35.5. The molecule has 0 aliphatic rings. The molecule has 4 N–H and O–H groups in total. The molecule has 0 fully saturated rings. The molecule has 0 aliphatic heterocycles. The van der Waals surface area contributed by atoms with Crippen LogP contribution in [0.2, 0.25) is 0 Å². The molecule has 0 spiro atoms. The maximum absolute atomic E-state index is 12.3. The van der Waals surface area contributed by atoms with Crippen LogP contribution in [0.25, 0.3) is 22.3 Å². The normalized spacial score (nSPS) is 11.1. The number of alkyl halides is 1. The third-order valence-corrected chi connectivity index (χ3v) is 6.15. The highest BCUT2D eigenvalue weighted by Gasteiger charge is 2.18. The fourth-order valence-electron chi connectivity index (χ4n) is 4.19. The molecule has 0 saturated carbocycles. The van der Waals surface area contributed by atoms with Gasteiger partial charge in [-0.1, -0.05) is 19.1 Å². The van der Waals surface area contributed by atoms with Gasteiger partial charge in [-0.25, -0.2) is 14.8 Å². The van der Waals surface area contributed by atoms with E-state index in [2.05, 4.69) is 16.0 Å². The van der Waals surface area contributed by atoms with Crippen molar-refractivity contribution in [3.05, 3.63) is 66.2 Å². The monoisotopic (exact) mass is 602 g/mol. The quantitative estimate of drug-likeness (QED) is 0.102. The van der Waals surface area contributed by atoms with Crippen molar-refractivity contribution in [2.45, 2.75) is 46.1 Å². The summed E-state index contributed by atoms with van der Waals surface area (Å²) in [7, 11) is 0. The van der Waals surface area contributed by atoms with E-state index in [4.69, 9.17) is 36.5 Å². The lowest BCUT2D eigenvalue weighted by Crippen LogP contribution is -2.27. The number of ether oxygens (including phenoxy) is 2. The summed E-state index contributed by atoms with van der Waals surface area (Å²) in [5.41, 5.74) is 2.92. The van der Waals surface area contributed by atoms with Crippen molar-refractivity contribution in [3.63, 3.8) is 0 Å². The number of rotatable bonds is 11. The summed E-state index contributed by atoms with van der Waals surface area (Å²) in [6.45, 7) is 7.64. The Morgan fingerprint density at radius 3 is 2.53 bits per heavy atom. The van der Waals surface area contributed by atoms with Gasteiger partial charge in [0.05, 0.1) is 17.1 Å². The van der Waals surface area contributed by atoms with Gasteiger partial charge in [-0.05, 0) is 75.7 Å². The Labute approximate surface area is 255 Å². The number of fused-ring (bicyclic) bond motifs is 1. The second-order valence-electron chi connectivity index (χ2n) is 10.7. The Kier molecular flexibility index (Phi) is 10.2. The van der Waals surface area contributed by atoms with Crippen LogP contribution in [0.5, 0.6) is 5.75 Å². The number of nitrogens with one attached hydrogen (secondary N) is 4. The third-order valence-electron chi connectivity index (χ3n) is 6.00. The lowest BCUT2D eigenvalue weighted by atomic mass is 10.1. The molecule has 1 heterocycles. The summed E-state index contributed by atoms with van der Waals surface area (Å²) >= 11 is 5.82. The van der Waals surface area contributed by atoms with Crippen molar-refractivity contribution >= 4 is 63.6 Å². The van der Waals surface area contributed by atoms with Crippen molar-refractivity contribution < 1.29 is 19.1 Å². The van der Waals surface area contributed by atoms with Gasteiger partial charge >= 0.3 is 6.09 Å². The number of amides is 2. The van der Waals surface area contributed by atoms with Crippen molar-refractivity contribution in [3.8, 4) is 17.1 Å². The third kappa shape index (κ3) is 8.65. The minimum Gasteiger partial charge on any atom is -0.492 e. The zero-order chi connectivity index (χ0) is 31.0. The zero-order valence-electron chi connectivity index (χ0n) is 24.6. The van der Waals surface area contributed by atoms with Crippen LogP contribution >= 0.6 is 11.6 Å². The first-order valence-corrected chi connectivity index (χ1v) is 14.4. The van der Waals surface area contributed by atoms with Crippen LogP contribution in [-0.4, -0.2) is 46.3 Å². The van der Waals surface area contributed by atoms with E-state index in [1.165, 1.54) is 0 Å². The minimum atomic E-state index is -0.658. The number of carbonyl (C=O) groups excluding carboxylic acids is 2. The van der Waals surface area contributed by atoms with Crippen LogP contribution in [0.4, 0.5) is 27.7 Å². The predicted octanol–water partition coefficient (Wildman–Crippen LogP) is 7.74. The van der Waals surface area contributed by atoms with Crippen molar-refractivity contribution in [2.24, 2.45) is 0 Å². The predicted molar refractivity (Wildman–Crippen MR) is 172 cm³/mol. The number of hydrogen-bond donors (Lipinski definition) is 4. The number of carbonyl (C=O) groups is 2. The first kappa shape index (κ1) is 31.2. The van der Waals surface area contributed by atoms with E-state index in [9.17, 15) is 9.59 Å². The van der Waals surface area contributed by atoms with Gasteiger partial charge in [0.15, 0.2) is 5.82 Å². The van der Waals surface area contributed by atoms with Gasteiger partial charge in [0, 0.05) is 40.5 Å². The SMILES string of the molecule is CCCC(=O)Nc1cccc(-c2nc(Nc3ccc(NC(=O)OC(C)(C)C)c(C=N)c3)c3cc(OCCCl)ccc3n2)c1. The van der Waals surface area contributed by atoms with E-state index in [1.807, 2.05) is 49.4 Å². The van der Waals surface area contributed by atoms with Gasteiger partial charge in [0.2, 0.25) is 5.91 Å². The number of halogens is 1. The van der Waals surface area contributed by atoms with Gasteiger partial charge in [0.1, 0.15) is 23.8 Å². The standard InChI is InChI=1S/C32H35ClN6O4/c1-5-7-28(40)35-22-9-6-8-20(16-22)29-37-27-13-11-24(42-15-14-33)18-25(27)30(39-29)36-23-10-12-26(21(17-23)19-34)38-31(41)43-32(2,3)4/h6,8-13,16-19,34H,5,7,14-15H2,1-4H3,(H,35,40)(H,38,41)(H,36,37,39). The zero-order valence-corrected chi connectivity index (χ0v) is 25.3. The summed E-state index contributed by atoms with van der Waals surface area (Å²) in [6, 6.07) is 18.1. The van der Waals surface area contributed by atoms with E-state index in [1.54, 1.807) is 39.0 Å². The van der Waals surface area contributed by atoms with Gasteiger partial charge in [-0.3, -0.25) is 10.1 Å². The molecule has 43 heavy (non-hydrogen) atoms. The first-order valence-electron chi connectivity index (χ1n) is 13.9. The molecule has 0 aliphatic carbocycles. The molecule has 2 amide bonds. The highest BCUT2D eigenvalue weighted by molar-refractivity contribution is 6.18. The summed E-state index contributed by atoms with van der Waals surface area (Å²) in [6.07, 6.45) is 1.73. The molecule has 0 unspecified atom stereocenters. The Balaban J connectivity index is 1.72. The Morgan fingerprint density at radius 1 is 1.00 bits per heavy atom. The Hall–Kier alpha value is -4.70. The largest absolute Gasteiger partial charge is 0.492 e. The molecule has 0 atom stereocenters. The van der Waals surface area contributed by atoms with E-state index < -0.39 is 11.7 Å². The number of nitrogens with zero attached hydrogens (tertiary/aromatic N) is 2. The van der Waals surface area contributed by atoms with Crippen molar-refractivity contribution in [1.29, 1.82) is 5.41 Å². The molecule has 0 saturated heterocycles. The molecule has 4 rings (SSSR count). The summed E-state index contributed by atoms with van der Waals surface area (Å²) in [5, 5.41) is 17.6. The molecule has 10 nitrogen and oxygen atoms in total. The summed E-state index contributed by atoms with van der Waals surface area (Å²) in [5.74, 6) is 1.86. The minimum absolute atomic E-state index is 0.0579. The average molecular weight is 603 g/mol. The van der Waals surface area contributed by atoms with E-state index in [0.29, 0.717) is 69.8 Å². The van der Waals surface area contributed by atoms with Crippen LogP contribution in [0, 0.1) is 5.41 Å². The van der Waals surface area contributed by atoms with Gasteiger partial charge in [-0.2, -0.15) is 0 Å². The molecule has 0 bridgehead atoms. The van der Waals surface area contributed by atoms with Gasteiger partial charge in [0.25, 0.3) is 0 Å². The molecule has 0 radical (unpaired) electrons. The van der Waals surface area contributed by atoms with E-state index in [-0.39, 0.29) is 5.91 Å². The Bertz CT molecular complexity index is 1640. The molecule has 11 heteroatoms. The van der Waals surface area contributed by atoms with Crippen LogP contribution in [0.1, 0.15) is 46.1 Å².